The summed E-state index contributed by atoms with van der Waals surface area (Å²) in [4.78, 5) is 4.37. The highest BCUT2D eigenvalue weighted by Crippen LogP contribution is 2.38. The zero-order valence-electron chi connectivity index (χ0n) is 10.2. The lowest BCUT2D eigenvalue weighted by atomic mass is 10.0. The number of hydrogen-bond acceptors (Lipinski definition) is 7. The highest BCUT2D eigenvalue weighted by molar-refractivity contribution is 7.99. The number of ether oxygens (including phenoxy) is 1. The van der Waals surface area contributed by atoms with E-state index in [9.17, 15) is 0 Å². The van der Waals surface area contributed by atoms with Crippen molar-refractivity contribution < 1.29 is 13.8 Å². The van der Waals surface area contributed by atoms with Crippen LogP contribution in [0.15, 0.2) is 15.1 Å². The fourth-order valence-corrected chi connectivity index (χ4v) is 3.29. The molecule has 0 N–H and O–H groups in total. The lowest BCUT2D eigenvalue weighted by Crippen LogP contribution is -2.29. The van der Waals surface area contributed by atoms with Crippen molar-refractivity contribution >= 4 is 11.8 Å². The van der Waals surface area contributed by atoms with Crippen LogP contribution in [-0.4, -0.2) is 33.9 Å². The van der Waals surface area contributed by atoms with Crippen LogP contribution in [0, 0.1) is 6.92 Å². The Morgan fingerprint density at radius 1 is 1.39 bits per heavy atom. The van der Waals surface area contributed by atoms with Crippen LogP contribution in [0.4, 0.5) is 0 Å². The van der Waals surface area contributed by atoms with Gasteiger partial charge in [0.1, 0.15) is 5.60 Å². The first-order valence-electron chi connectivity index (χ1n) is 5.64. The smallest absolute Gasteiger partial charge is 0.296 e. The largest absolute Gasteiger partial charge is 0.369 e. The zero-order valence-corrected chi connectivity index (χ0v) is 11.0. The number of methoxy groups -OCH3 is 1. The number of nitrogens with zero attached hydrogens (tertiary/aromatic N) is 3. The maximum Gasteiger partial charge on any atom is 0.296 e. The van der Waals surface area contributed by atoms with Crippen molar-refractivity contribution in [3.8, 4) is 11.7 Å². The van der Waals surface area contributed by atoms with Gasteiger partial charge in [-0.05, 0) is 19.1 Å². The molecule has 0 spiro atoms. The van der Waals surface area contributed by atoms with Gasteiger partial charge >= 0.3 is 0 Å². The van der Waals surface area contributed by atoms with E-state index in [2.05, 4.69) is 15.3 Å². The second-order valence-corrected chi connectivity index (χ2v) is 5.36. The molecule has 1 aliphatic heterocycles. The fourth-order valence-electron chi connectivity index (χ4n) is 1.95. The molecule has 0 radical (unpaired) electrons. The molecule has 0 bridgehead atoms. The van der Waals surface area contributed by atoms with Gasteiger partial charge in [0, 0.05) is 18.9 Å². The Morgan fingerprint density at radius 2 is 2.28 bits per heavy atom. The topological polar surface area (TPSA) is 74.2 Å². The van der Waals surface area contributed by atoms with Crippen LogP contribution in [0.3, 0.4) is 0 Å². The van der Waals surface area contributed by atoms with Crippen LogP contribution in [0.2, 0.25) is 0 Å². The number of aromatic nitrogens is 3. The lowest BCUT2D eigenvalue weighted by Gasteiger charge is -2.21. The SMILES string of the molecule is COC1(c2noc(-c3cc(C)no3)n2)CCSC1. The van der Waals surface area contributed by atoms with E-state index in [0.29, 0.717) is 17.5 Å². The molecule has 1 saturated heterocycles. The molecule has 3 heterocycles. The van der Waals surface area contributed by atoms with E-state index in [1.54, 1.807) is 13.2 Å². The zero-order chi connectivity index (χ0) is 12.6. The van der Waals surface area contributed by atoms with Crippen LogP contribution in [0.1, 0.15) is 17.9 Å². The molecule has 18 heavy (non-hydrogen) atoms. The minimum atomic E-state index is -0.429. The Bertz CT molecular complexity index is 545. The van der Waals surface area contributed by atoms with Gasteiger partial charge in [-0.15, -0.1) is 0 Å². The summed E-state index contributed by atoms with van der Waals surface area (Å²) in [7, 11) is 1.68. The first-order valence-corrected chi connectivity index (χ1v) is 6.80. The molecule has 7 heteroatoms. The highest BCUT2D eigenvalue weighted by Gasteiger charge is 2.41. The minimum absolute atomic E-state index is 0.346. The number of rotatable bonds is 3. The van der Waals surface area contributed by atoms with Crippen LogP contribution in [-0.2, 0) is 10.3 Å². The summed E-state index contributed by atoms with van der Waals surface area (Å²) in [5, 5.41) is 7.81. The minimum Gasteiger partial charge on any atom is -0.369 e. The molecule has 1 aliphatic rings. The molecule has 6 nitrogen and oxygen atoms in total. The molecule has 1 fully saturated rings. The first kappa shape index (κ1) is 11.7. The van der Waals surface area contributed by atoms with Crippen LogP contribution < -0.4 is 0 Å². The van der Waals surface area contributed by atoms with Gasteiger partial charge in [-0.1, -0.05) is 10.3 Å². The summed E-state index contributed by atoms with van der Waals surface area (Å²) in [5.41, 5.74) is 0.351. The van der Waals surface area contributed by atoms with Crippen LogP contribution in [0.25, 0.3) is 11.7 Å². The maximum absolute atomic E-state index is 5.59. The number of aryl methyl sites for hydroxylation is 1. The molecule has 96 valence electrons. The second kappa shape index (κ2) is 4.40. The monoisotopic (exact) mass is 267 g/mol. The summed E-state index contributed by atoms with van der Waals surface area (Å²) in [6.45, 7) is 1.84. The van der Waals surface area contributed by atoms with Gasteiger partial charge in [0.15, 0.2) is 0 Å². The van der Waals surface area contributed by atoms with Crippen LogP contribution in [0.5, 0.6) is 0 Å². The van der Waals surface area contributed by atoms with E-state index < -0.39 is 5.60 Å². The van der Waals surface area contributed by atoms with E-state index in [4.69, 9.17) is 13.8 Å². The molecular formula is C11H13N3O3S. The first-order chi connectivity index (χ1) is 8.73. The van der Waals surface area contributed by atoms with Gasteiger partial charge < -0.3 is 13.8 Å². The second-order valence-electron chi connectivity index (χ2n) is 4.26. The Morgan fingerprint density at radius 3 is 2.89 bits per heavy atom. The molecule has 1 unspecified atom stereocenters. The molecule has 3 rings (SSSR count). The average Bonchev–Trinajstić information content (AvgIpc) is 3.08. The Kier molecular flexibility index (Phi) is 2.87. The Balaban J connectivity index is 1.93. The predicted molar refractivity (Wildman–Crippen MR) is 65.2 cm³/mol. The van der Waals surface area contributed by atoms with E-state index in [1.807, 2.05) is 18.7 Å². The van der Waals surface area contributed by atoms with Crippen molar-refractivity contribution in [2.24, 2.45) is 0 Å². The molecular weight excluding hydrogens is 254 g/mol. The van der Waals surface area contributed by atoms with E-state index in [1.165, 1.54) is 0 Å². The van der Waals surface area contributed by atoms with Gasteiger partial charge in [0.25, 0.3) is 5.89 Å². The Labute approximate surface area is 108 Å². The molecule has 0 amide bonds. The standard InChI is InChI=1S/C11H13N3O3S/c1-7-5-8(16-13-7)9-12-10(14-17-9)11(15-2)3-4-18-6-11/h5H,3-4,6H2,1-2H3. The number of thioether (sulfide) groups is 1. The third kappa shape index (κ3) is 1.83. The quantitative estimate of drug-likeness (QED) is 0.842. The summed E-state index contributed by atoms with van der Waals surface area (Å²) in [5.74, 6) is 3.30. The van der Waals surface area contributed by atoms with E-state index in [0.717, 1.165) is 23.6 Å². The van der Waals surface area contributed by atoms with Crippen LogP contribution >= 0.6 is 11.8 Å². The summed E-state index contributed by atoms with van der Waals surface area (Å²) >= 11 is 1.83. The highest BCUT2D eigenvalue weighted by atomic mass is 32.2. The molecule has 0 aliphatic carbocycles. The lowest BCUT2D eigenvalue weighted by molar-refractivity contribution is -0.000227. The van der Waals surface area contributed by atoms with Crippen molar-refractivity contribution in [2.45, 2.75) is 18.9 Å². The average molecular weight is 267 g/mol. The normalized spacial score (nSPS) is 23.7. The Hall–Kier alpha value is -1.34. The molecule has 2 aromatic rings. The molecule has 0 saturated carbocycles. The van der Waals surface area contributed by atoms with Gasteiger partial charge in [0.05, 0.1) is 5.69 Å². The fraction of sp³-hybridized carbons (Fsp3) is 0.545. The molecule has 2 aromatic heterocycles. The van der Waals surface area contributed by atoms with E-state index in [-0.39, 0.29) is 0 Å². The van der Waals surface area contributed by atoms with E-state index >= 15 is 0 Å². The van der Waals surface area contributed by atoms with Crippen molar-refractivity contribution in [2.75, 3.05) is 18.6 Å². The van der Waals surface area contributed by atoms with Crippen molar-refractivity contribution in [3.63, 3.8) is 0 Å². The predicted octanol–water partition coefficient (Wildman–Crippen LogP) is 2.01. The summed E-state index contributed by atoms with van der Waals surface area (Å²) < 4.78 is 15.9. The number of hydrogen-bond donors (Lipinski definition) is 0. The van der Waals surface area contributed by atoms with Gasteiger partial charge in [-0.25, -0.2) is 0 Å². The summed E-state index contributed by atoms with van der Waals surface area (Å²) in [6.07, 6.45) is 0.891. The van der Waals surface area contributed by atoms with Gasteiger partial charge in [0.2, 0.25) is 11.6 Å². The summed E-state index contributed by atoms with van der Waals surface area (Å²) in [6, 6.07) is 1.76. The van der Waals surface area contributed by atoms with Gasteiger partial charge in [-0.3, -0.25) is 0 Å². The van der Waals surface area contributed by atoms with Gasteiger partial charge in [-0.2, -0.15) is 16.7 Å². The van der Waals surface area contributed by atoms with Crippen molar-refractivity contribution in [3.05, 3.63) is 17.6 Å². The van der Waals surface area contributed by atoms with Crippen molar-refractivity contribution in [1.82, 2.24) is 15.3 Å². The molecule has 1 atom stereocenters. The third-order valence-electron chi connectivity index (χ3n) is 3.05. The van der Waals surface area contributed by atoms with Crippen molar-refractivity contribution in [1.29, 1.82) is 0 Å². The molecule has 0 aromatic carbocycles. The third-order valence-corrected chi connectivity index (χ3v) is 4.21. The maximum atomic E-state index is 5.59.